The van der Waals surface area contributed by atoms with Crippen molar-refractivity contribution < 1.29 is 4.39 Å². The Bertz CT molecular complexity index is 423. The van der Waals surface area contributed by atoms with E-state index in [1.54, 1.807) is 6.07 Å². The normalized spacial score (nSPS) is 20.3. The molecule has 1 unspecified atom stereocenters. The van der Waals surface area contributed by atoms with Crippen molar-refractivity contribution in [2.75, 3.05) is 14.1 Å². The first kappa shape index (κ1) is 13.5. The molecule has 0 aromatic heterocycles. The Morgan fingerprint density at radius 2 is 1.89 bits per heavy atom. The number of halogens is 1. The summed E-state index contributed by atoms with van der Waals surface area (Å²) < 4.78 is 13.5. The lowest BCUT2D eigenvalue weighted by Crippen LogP contribution is -2.50. The molecule has 2 N–H and O–H groups in total. The smallest absolute Gasteiger partial charge is 0.123 e. The molecule has 0 spiro atoms. The number of aryl methyl sites for hydroxylation is 1. The maximum atomic E-state index is 13.5. The van der Waals surface area contributed by atoms with E-state index in [2.05, 4.69) is 19.0 Å². The fraction of sp³-hybridized carbons (Fsp3) is 0.600. The first-order valence-electron chi connectivity index (χ1n) is 6.66. The van der Waals surface area contributed by atoms with Crippen molar-refractivity contribution in [2.45, 2.75) is 44.2 Å². The lowest BCUT2D eigenvalue weighted by atomic mass is 9.81. The van der Waals surface area contributed by atoms with Crippen molar-refractivity contribution in [1.82, 2.24) is 4.90 Å². The van der Waals surface area contributed by atoms with Gasteiger partial charge in [-0.2, -0.15) is 0 Å². The van der Waals surface area contributed by atoms with E-state index >= 15 is 0 Å². The van der Waals surface area contributed by atoms with Crippen LogP contribution in [0.2, 0.25) is 0 Å². The van der Waals surface area contributed by atoms with Gasteiger partial charge in [-0.3, -0.25) is 0 Å². The Labute approximate surface area is 109 Å². The zero-order valence-corrected chi connectivity index (χ0v) is 11.5. The molecule has 0 radical (unpaired) electrons. The van der Waals surface area contributed by atoms with Gasteiger partial charge in [0.05, 0.1) is 0 Å². The second-order valence-electron chi connectivity index (χ2n) is 5.68. The highest BCUT2D eigenvalue weighted by atomic mass is 19.1. The first-order valence-corrected chi connectivity index (χ1v) is 6.66. The van der Waals surface area contributed by atoms with Crippen molar-refractivity contribution in [3.8, 4) is 0 Å². The van der Waals surface area contributed by atoms with Crippen molar-refractivity contribution >= 4 is 0 Å². The summed E-state index contributed by atoms with van der Waals surface area (Å²) in [6, 6.07) is 4.81. The van der Waals surface area contributed by atoms with E-state index in [0.29, 0.717) is 0 Å². The molecule has 2 nitrogen and oxygen atoms in total. The molecular weight excluding hydrogens is 227 g/mol. The maximum Gasteiger partial charge on any atom is 0.123 e. The zero-order valence-electron chi connectivity index (χ0n) is 11.5. The van der Waals surface area contributed by atoms with Gasteiger partial charge >= 0.3 is 0 Å². The Morgan fingerprint density at radius 1 is 1.28 bits per heavy atom. The lowest BCUT2D eigenvalue weighted by Gasteiger charge is -2.42. The quantitative estimate of drug-likeness (QED) is 0.893. The summed E-state index contributed by atoms with van der Waals surface area (Å²) in [4.78, 5) is 2.23. The van der Waals surface area contributed by atoms with Crippen molar-refractivity contribution in [2.24, 2.45) is 5.73 Å². The molecule has 0 aliphatic heterocycles. The highest BCUT2D eigenvalue weighted by molar-refractivity contribution is 5.32. The number of hydrogen-bond acceptors (Lipinski definition) is 2. The van der Waals surface area contributed by atoms with Crippen LogP contribution in [0.5, 0.6) is 0 Å². The molecule has 1 saturated carbocycles. The fourth-order valence-electron chi connectivity index (χ4n) is 3.26. The fourth-order valence-corrected chi connectivity index (χ4v) is 3.26. The molecule has 1 aliphatic rings. The van der Waals surface area contributed by atoms with Crippen LogP contribution in [0.1, 0.15) is 42.9 Å². The third-order valence-electron chi connectivity index (χ3n) is 4.52. The molecule has 0 bridgehead atoms. The average molecular weight is 250 g/mol. The second kappa shape index (κ2) is 4.98. The van der Waals surface area contributed by atoms with Gasteiger partial charge in [-0.1, -0.05) is 18.9 Å². The Kier molecular flexibility index (Phi) is 3.74. The monoisotopic (exact) mass is 250 g/mol. The van der Waals surface area contributed by atoms with Crippen LogP contribution in [0.15, 0.2) is 18.2 Å². The summed E-state index contributed by atoms with van der Waals surface area (Å²) in [5, 5.41) is 0. The molecule has 2 rings (SSSR count). The van der Waals surface area contributed by atoms with Crippen LogP contribution >= 0.6 is 0 Å². The van der Waals surface area contributed by atoms with Crippen LogP contribution in [0.4, 0.5) is 4.39 Å². The first-order chi connectivity index (χ1) is 8.47. The number of nitrogens with two attached hydrogens (primary N) is 1. The molecule has 1 aromatic rings. The third-order valence-corrected chi connectivity index (χ3v) is 4.52. The molecule has 3 heteroatoms. The molecule has 0 saturated heterocycles. The van der Waals surface area contributed by atoms with E-state index in [1.165, 1.54) is 18.9 Å². The molecule has 0 amide bonds. The van der Waals surface area contributed by atoms with E-state index in [1.807, 2.05) is 13.0 Å². The number of likely N-dealkylation sites (N-methyl/N-ethyl adjacent to an activating group) is 1. The largest absolute Gasteiger partial charge is 0.322 e. The summed E-state index contributed by atoms with van der Waals surface area (Å²) in [5.41, 5.74) is 8.51. The van der Waals surface area contributed by atoms with Gasteiger partial charge < -0.3 is 10.6 Å². The van der Waals surface area contributed by atoms with Crippen LogP contribution in [0.25, 0.3) is 0 Å². The topological polar surface area (TPSA) is 29.3 Å². The molecular formula is C15H23FN2. The SMILES string of the molecule is Cc1ccc(F)cc1C(N)C1(N(C)C)CCCC1. The van der Waals surface area contributed by atoms with Crippen molar-refractivity contribution in [1.29, 1.82) is 0 Å². The lowest BCUT2D eigenvalue weighted by molar-refractivity contribution is 0.123. The van der Waals surface area contributed by atoms with E-state index in [9.17, 15) is 4.39 Å². The Morgan fingerprint density at radius 3 is 2.44 bits per heavy atom. The summed E-state index contributed by atoms with van der Waals surface area (Å²) >= 11 is 0. The average Bonchev–Trinajstić information content (AvgIpc) is 2.82. The van der Waals surface area contributed by atoms with Crippen LogP contribution < -0.4 is 5.73 Å². The molecule has 1 atom stereocenters. The van der Waals surface area contributed by atoms with Gasteiger partial charge in [0.2, 0.25) is 0 Å². The number of benzene rings is 1. The minimum absolute atomic E-state index is 0.0153. The van der Waals surface area contributed by atoms with Crippen LogP contribution in [0.3, 0.4) is 0 Å². The van der Waals surface area contributed by atoms with Gasteiger partial charge in [0.15, 0.2) is 0 Å². The third kappa shape index (κ3) is 2.17. The minimum atomic E-state index is -0.196. The zero-order chi connectivity index (χ0) is 13.3. The Hall–Kier alpha value is -0.930. The predicted molar refractivity (Wildman–Crippen MR) is 73.0 cm³/mol. The van der Waals surface area contributed by atoms with Crippen molar-refractivity contribution in [3.63, 3.8) is 0 Å². The number of hydrogen-bond donors (Lipinski definition) is 1. The standard InChI is InChI=1S/C15H23FN2/c1-11-6-7-12(16)10-13(11)14(17)15(18(2)3)8-4-5-9-15/h6-7,10,14H,4-5,8-9,17H2,1-3H3. The predicted octanol–water partition coefficient (Wildman–Crippen LogP) is 3.01. The van der Waals surface area contributed by atoms with Gasteiger partial charge in [0, 0.05) is 11.6 Å². The minimum Gasteiger partial charge on any atom is -0.322 e. The van der Waals surface area contributed by atoms with Gasteiger partial charge in [-0.15, -0.1) is 0 Å². The van der Waals surface area contributed by atoms with E-state index in [4.69, 9.17) is 5.73 Å². The van der Waals surface area contributed by atoms with Crippen LogP contribution in [-0.2, 0) is 0 Å². The molecule has 100 valence electrons. The molecule has 1 fully saturated rings. The summed E-state index contributed by atoms with van der Waals surface area (Å²) in [7, 11) is 4.17. The summed E-state index contributed by atoms with van der Waals surface area (Å²) in [6.45, 7) is 2.01. The molecule has 1 aliphatic carbocycles. The van der Waals surface area contributed by atoms with Gasteiger partial charge in [0.25, 0.3) is 0 Å². The van der Waals surface area contributed by atoms with Crippen molar-refractivity contribution in [3.05, 3.63) is 35.1 Å². The number of nitrogens with zero attached hydrogens (tertiary/aromatic N) is 1. The highest BCUT2D eigenvalue weighted by Gasteiger charge is 2.42. The van der Waals surface area contributed by atoms with Gasteiger partial charge in [-0.25, -0.2) is 4.39 Å². The van der Waals surface area contributed by atoms with Gasteiger partial charge in [-0.05, 0) is 57.1 Å². The highest BCUT2D eigenvalue weighted by Crippen LogP contribution is 2.42. The molecule has 18 heavy (non-hydrogen) atoms. The summed E-state index contributed by atoms with van der Waals surface area (Å²) in [6.07, 6.45) is 4.61. The molecule has 0 heterocycles. The maximum absolute atomic E-state index is 13.5. The van der Waals surface area contributed by atoms with Crippen LogP contribution in [-0.4, -0.2) is 24.5 Å². The second-order valence-corrected chi connectivity index (χ2v) is 5.68. The van der Waals surface area contributed by atoms with Gasteiger partial charge in [0.1, 0.15) is 5.82 Å². The summed E-state index contributed by atoms with van der Waals surface area (Å²) in [5.74, 6) is -0.196. The number of rotatable bonds is 3. The van der Waals surface area contributed by atoms with E-state index in [0.717, 1.165) is 24.0 Å². The van der Waals surface area contributed by atoms with Crippen LogP contribution in [0, 0.1) is 12.7 Å². The van der Waals surface area contributed by atoms with E-state index < -0.39 is 0 Å². The van der Waals surface area contributed by atoms with E-state index in [-0.39, 0.29) is 17.4 Å². The Balaban J connectivity index is 2.39. The molecule has 1 aromatic carbocycles.